The molecular formula is C21H25N3O4. The van der Waals surface area contributed by atoms with Crippen LogP contribution in [-0.4, -0.2) is 41.0 Å². The molecule has 0 radical (unpaired) electrons. The van der Waals surface area contributed by atoms with Crippen molar-refractivity contribution in [2.45, 2.75) is 26.8 Å². The van der Waals surface area contributed by atoms with E-state index < -0.39 is 5.97 Å². The maximum absolute atomic E-state index is 12.3. The van der Waals surface area contributed by atoms with Gasteiger partial charge in [-0.2, -0.15) is 0 Å². The van der Waals surface area contributed by atoms with Gasteiger partial charge in [0.1, 0.15) is 0 Å². The summed E-state index contributed by atoms with van der Waals surface area (Å²) in [6.07, 6.45) is 0. The predicted octanol–water partition coefficient (Wildman–Crippen LogP) is 3.75. The lowest BCUT2D eigenvalue weighted by Crippen LogP contribution is -2.34. The van der Waals surface area contributed by atoms with E-state index in [1.54, 1.807) is 17.0 Å². The van der Waals surface area contributed by atoms with Crippen LogP contribution in [0.15, 0.2) is 48.5 Å². The summed E-state index contributed by atoms with van der Waals surface area (Å²) < 4.78 is 0. The average Bonchev–Trinajstić information content (AvgIpc) is 2.69. The Balaban J connectivity index is 1.98. The normalized spacial score (nSPS) is 11.4. The topological polar surface area (TPSA) is 98.7 Å². The fourth-order valence-electron chi connectivity index (χ4n) is 2.70. The van der Waals surface area contributed by atoms with E-state index >= 15 is 0 Å². The number of urea groups is 1. The standard InChI is InChI=1S/C21H25N3O4/c1-4-24(5-2)21(28)23-18-12-10-15(11-13-18)14(3)22-19(25)16-6-8-17(9-7-16)20(26)27/h6-14H,4-5H2,1-3H3,(H,22,25)(H,23,28)(H,26,27). The summed E-state index contributed by atoms with van der Waals surface area (Å²) >= 11 is 0. The van der Waals surface area contributed by atoms with E-state index in [4.69, 9.17) is 5.11 Å². The number of carbonyl (C=O) groups excluding carboxylic acids is 2. The van der Waals surface area contributed by atoms with Gasteiger partial charge in [-0.15, -0.1) is 0 Å². The van der Waals surface area contributed by atoms with Gasteiger partial charge in [0.15, 0.2) is 0 Å². The lowest BCUT2D eigenvalue weighted by Gasteiger charge is -2.19. The quantitative estimate of drug-likeness (QED) is 0.678. The van der Waals surface area contributed by atoms with Gasteiger partial charge in [-0.3, -0.25) is 4.79 Å². The first-order valence-electron chi connectivity index (χ1n) is 9.15. The van der Waals surface area contributed by atoms with Crippen molar-refractivity contribution in [1.82, 2.24) is 10.2 Å². The molecule has 0 heterocycles. The van der Waals surface area contributed by atoms with Crippen LogP contribution in [0, 0.1) is 0 Å². The average molecular weight is 383 g/mol. The van der Waals surface area contributed by atoms with Crippen molar-refractivity contribution in [2.75, 3.05) is 18.4 Å². The second-order valence-electron chi connectivity index (χ2n) is 6.30. The van der Waals surface area contributed by atoms with Crippen molar-refractivity contribution < 1.29 is 19.5 Å². The second-order valence-corrected chi connectivity index (χ2v) is 6.30. The van der Waals surface area contributed by atoms with E-state index in [1.165, 1.54) is 24.3 Å². The van der Waals surface area contributed by atoms with Gasteiger partial charge >= 0.3 is 12.0 Å². The molecule has 2 rings (SSSR count). The molecule has 0 aliphatic carbocycles. The number of nitrogens with one attached hydrogen (secondary N) is 2. The van der Waals surface area contributed by atoms with Crippen molar-refractivity contribution in [3.05, 3.63) is 65.2 Å². The maximum Gasteiger partial charge on any atom is 0.335 e. The Morgan fingerprint density at radius 3 is 1.96 bits per heavy atom. The fourth-order valence-corrected chi connectivity index (χ4v) is 2.70. The molecule has 0 aromatic heterocycles. The molecule has 0 aliphatic heterocycles. The van der Waals surface area contributed by atoms with Crippen LogP contribution < -0.4 is 10.6 Å². The first-order chi connectivity index (χ1) is 13.3. The number of rotatable bonds is 7. The number of carboxylic acid groups (broad SMARTS) is 1. The number of carbonyl (C=O) groups is 3. The zero-order chi connectivity index (χ0) is 20.7. The van der Waals surface area contributed by atoms with Crippen molar-refractivity contribution >= 4 is 23.6 Å². The Bertz CT molecular complexity index is 828. The highest BCUT2D eigenvalue weighted by Gasteiger charge is 2.13. The van der Waals surface area contributed by atoms with Crippen molar-refractivity contribution in [3.8, 4) is 0 Å². The van der Waals surface area contributed by atoms with E-state index in [0.717, 1.165) is 5.56 Å². The Morgan fingerprint density at radius 2 is 1.46 bits per heavy atom. The molecule has 1 atom stereocenters. The molecule has 1 unspecified atom stereocenters. The Labute approximate surface area is 164 Å². The van der Waals surface area contributed by atoms with Crippen LogP contribution in [0.5, 0.6) is 0 Å². The number of anilines is 1. The molecule has 7 nitrogen and oxygen atoms in total. The third-order valence-electron chi connectivity index (χ3n) is 4.45. The number of benzene rings is 2. The van der Waals surface area contributed by atoms with Gasteiger partial charge in [0.2, 0.25) is 0 Å². The van der Waals surface area contributed by atoms with Gasteiger partial charge in [0.05, 0.1) is 11.6 Å². The van der Waals surface area contributed by atoms with Crippen LogP contribution in [0.25, 0.3) is 0 Å². The molecule has 3 N–H and O–H groups in total. The monoisotopic (exact) mass is 383 g/mol. The molecule has 0 fully saturated rings. The van der Waals surface area contributed by atoms with E-state index in [-0.39, 0.29) is 23.5 Å². The van der Waals surface area contributed by atoms with Gasteiger partial charge in [0.25, 0.3) is 5.91 Å². The van der Waals surface area contributed by atoms with Gasteiger partial charge < -0.3 is 20.6 Å². The maximum atomic E-state index is 12.3. The Kier molecular flexibility index (Phi) is 7.14. The summed E-state index contributed by atoms with van der Waals surface area (Å²) in [5.41, 5.74) is 2.09. The highest BCUT2D eigenvalue weighted by atomic mass is 16.4. The lowest BCUT2D eigenvalue weighted by atomic mass is 10.1. The van der Waals surface area contributed by atoms with Gasteiger partial charge in [-0.1, -0.05) is 12.1 Å². The summed E-state index contributed by atoms with van der Waals surface area (Å²) in [5.74, 6) is -1.32. The third kappa shape index (κ3) is 5.33. The minimum atomic E-state index is -1.03. The lowest BCUT2D eigenvalue weighted by molar-refractivity contribution is 0.0696. The van der Waals surface area contributed by atoms with Crippen LogP contribution >= 0.6 is 0 Å². The van der Waals surface area contributed by atoms with E-state index in [2.05, 4.69) is 10.6 Å². The van der Waals surface area contributed by atoms with Crippen LogP contribution in [0.4, 0.5) is 10.5 Å². The molecule has 3 amide bonds. The summed E-state index contributed by atoms with van der Waals surface area (Å²) in [6, 6.07) is 12.6. The minimum Gasteiger partial charge on any atom is -0.478 e. The van der Waals surface area contributed by atoms with Crippen molar-refractivity contribution in [3.63, 3.8) is 0 Å². The molecule has 0 spiro atoms. The molecule has 7 heteroatoms. The van der Waals surface area contributed by atoms with Crippen LogP contribution in [-0.2, 0) is 0 Å². The first-order valence-corrected chi connectivity index (χ1v) is 9.15. The molecule has 0 aliphatic rings. The number of carboxylic acids is 1. The summed E-state index contributed by atoms with van der Waals surface area (Å²) in [6.45, 7) is 6.97. The van der Waals surface area contributed by atoms with Gasteiger partial charge in [-0.25, -0.2) is 9.59 Å². The summed E-state index contributed by atoms with van der Waals surface area (Å²) in [7, 11) is 0. The van der Waals surface area contributed by atoms with Crippen LogP contribution in [0.3, 0.4) is 0 Å². The largest absolute Gasteiger partial charge is 0.478 e. The first kappa shape index (κ1) is 21.0. The van der Waals surface area contributed by atoms with Gasteiger partial charge in [0, 0.05) is 24.3 Å². The molecule has 28 heavy (non-hydrogen) atoms. The fraction of sp³-hybridized carbons (Fsp3) is 0.286. The number of amides is 3. The Morgan fingerprint density at radius 1 is 0.929 bits per heavy atom. The number of aromatic carboxylic acids is 1. The molecule has 2 aromatic carbocycles. The number of nitrogens with zero attached hydrogens (tertiary/aromatic N) is 1. The third-order valence-corrected chi connectivity index (χ3v) is 4.45. The number of hydrogen-bond donors (Lipinski definition) is 3. The molecular weight excluding hydrogens is 358 g/mol. The summed E-state index contributed by atoms with van der Waals surface area (Å²) in [4.78, 5) is 37.0. The second kappa shape index (κ2) is 9.55. The van der Waals surface area contributed by atoms with Crippen molar-refractivity contribution in [2.24, 2.45) is 0 Å². The van der Waals surface area contributed by atoms with Crippen LogP contribution in [0.2, 0.25) is 0 Å². The molecule has 2 aromatic rings. The molecule has 0 saturated heterocycles. The van der Waals surface area contributed by atoms with E-state index in [0.29, 0.717) is 24.3 Å². The van der Waals surface area contributed by atoms with Crippen molar-refractivity contribution in [1.29, 1.82) is 0 Å². The Hall–Kier alpha value is -3.35. The smallest absolute Gasteiger partial charge is 0.335 e. The minimum absolute atomic E-state index is 0.131. The van der Waals surface area contributed by atoms with Crippen LogP contribution in [0.1, 0.15) is 53.1 Å². The molecule has 0 bridgehead atoms. The highest BCUT2D eigenvalue weighted by molar-refractivity contribution is 5.96. The molecule has 0 saturated carbocycles. The zero-order valence-electron chi connectivity index (χ0n) is 16.2. The number of hydrogen-bond acceptors (Lipinski definition) is 3. The predicted molar refractivity (Wildman–Crippen MR) is 108 cm³/mol. The highest BCUT2D eigenvalue weighted by Crippen LogP contribution is 2.17. The summed E-state index contributed by atoms with van der Waals surface area (Å²) in [5, 5.41) is 14.6. The van der Waals surface area contributed by atoms with E-state index in [1.807, 2.05) is 32.9 Å². The van der Waals surface area contributed by atoms with Gasteiger partial charge in [-0.05, 0) is 62.7 Å². The molecule has 148 valence electrons. The SMILES string of the molecule is CCN(CC)C(=O)Nc1ccc(C(C)NC(=O)c2ccc(C(=O)O)cc2)cc1. The zero-order valence-corrected chi connectivity index (χ0v) is 16.2. The van der Waals surface area contributed by atoms with E-state index in [9.17, 15) is 14.4 Å².